The normalized spacial score (nSPS) is 10.8. The average molecular weight is 220 g/mol. The average Bonchev–Trinajstić information content (AvgIpc) is 2.30. The molecule has 0 radical (unpaired) electrons. The number of nitrogens with zero attached hydrogens (tertiary/aromatic N) is 1. The van der Waals surface area contributed by atoms with E-state index in [0.717, 1.165) is 0 Å². The number of amides is 2. The lowest BCUT2D eigenvalue weighted by molar-refractivity contribution is -0.118. The van der Waals surface area contributed by atoms with Crippen LogP contribution in [0.25, 0.3) is 0 Å². The molecule has 0 spiro atoms. The van der Waals surface area contributed by atoms with Crippen molar-refractivity contribution in [3.8, 4) is 0 Å². The van der Waals surface area contributed by atoms with Gasteiger partial charge in [-0.1, -0.05) is 30.3 Å². The number of rotatable bonds is 3. The quantitative estimate of drug-likeness (QED) is 0.278. The summed E-state index contributed by atoms with van der Waals surface area (Å²) in [6, 6.07) is 8.69. The molecule has 0 aliphatic heterocycles. The van der Waals surface area contributed by atoms with E-state index in [1.165, 1.54) is 6.92 Å². The Labute approximate surface area is 92.5 Å². The van der Waals surface area contributed by atoms with E-state index in [9.17, 15) is 9.59 Å². The predicted molar refractivity (Wildman–Crippen MR) is 59.1 cm³/mol. The molecule has 0 saturated heterocycles. The summed E-state index contributed by atoms with van der Waals surface area (Å²) in [5.41, 5.74) is 4.78. The van der Waals surface area contributed by atoms with E-state index in [-0.39, 0.29) is 11.6 Å². The number of nitrogens with one attached hydrogen (secondary N) is 2. The minimum Gasteiger partial charge on any atom is -0.289 e. The maximum atomic E-state index is 11.4. The summed E-state index contributed by atoms with van der Waals surface area (Å²) in [5, 5.41) is 3.69. The van der Waals surface area contributed by atoms with Crippen molar-refractivity contribution in [2.75, 3.05) is 0 Å². The van der Waals surface area contributed by atoms with E-state index in [0.29, 0.717) is 5.56 Å². The summed E-state index contributed by atoms with van der Waals surface area (Å²) in [6.45, 7) is 1.30. The molecule has 16 heavy (non-hydrogen) atoms. The number of nitrogens with two attached hydrogens (primary N) is 1. The first-order valence-corrected chi connectivity index (χ1v) is 4.55. The molecule has 0 unspecified atom stereocenters. The molecule has 84 valence electrons. The number of carbonyl (C=O) groups excluding carboxylic acids is 2. The highest BCUT2D eigenvalue weighted by molar-refractivity contribution is 6.45. The maximum Gasteiger partial charge on any atom is 0.286 e. The Kier molecular flexibility index (Phi) is 4.16. The van der Waals surface area contributed by atoms with E-state index in [1.807, 2.05) is 5.43 Å². The summed E-state index contributed by atoms with van der Waals surface area (Å²) in [4.78, 5) is 22.1. The standard InChI is InChI=1S/C10H12N4O2/c1-7(15)13-14-9(10(16)12-11)8-5-3-2-4-6-8/h2-6H,11H2,1H3,(H,12,16)(H,13,15)/b14-9+. The van der Waals surface area contributed by atoms with Crippen LogP contribution in [0.3, 0.4) is 0 Å². The Morgan fingerprint density at radius 2 is 1.88 bits per heavy atom. The second-order valence-corrected chi connectivity index (χ2v) is 2.97. The summed E-state index contributed by atoms with van der Waals surface area (Å²) >= 11 is 0. The highest BCUT2D eigenvalue weighted by atomic mass is 16.2. The van der Waals surface area contributed by atoms with E-state index < -0.39 is 5.91 Å². The Bertz CT molecular complexity index is 414. The van der Waals surface area contributed by atoms with Gasteiger partial charge in [-0.3, -0.25) is 15.0 Å². The zero-order valence-corrected chi connectivity index (χ0v) is 8.73. The molecule has 1 aromatic carbocycles. The van der Waals surface area contributed by atoms with Gasteiger partial charge in [0.15, 0.2) is 5.71 Å². The molecule has 0 aliphatic carbocycles. The first kappa shape index (κ1) is 11.9. The molecule has 0 heterocycles. The Morgan fingerprint density at radius 1 is 1.25 bits per heavy atom. The van der Waals surface area contributed by atoms with Crippen molar-refractivity contribution in [2.24, 2.45) is 10.9 Å². The second kappa shape index (κ2) is 5.62. The summed E-state index contributed by atoms with van der Waals surface area (Å²) < 4.78 is 0. The summed E-state index contributed by atoms with van der Waals surface area (Å²) in [6.07, 6.45) is 0. The fourth-order valence-electron chi connectivity index (χ4n) is 1.05. The van der Waals surface area contributed by atoms with E-state index in [1.54, 1.807) is 30.3 Å². The van der Waals surface area contributed by atoms with Crippen molar-refractivity contribution < 1.29 is 9.59 Å². The number of hydrazine groups is 1. The van der Waals surface area contributed by atoms with Crippen LogP contribution >= 0.6 is 0 Å². The third kappa shape index (κ3) is 3.18. The minimum atomic E-state index is -0.569. The molecule has 1 aromatic rings. The number of hydrogen-bond acceptors (Lipinski definition) is 4. The SMILES string of the molecule is CC(=O)N/N=C(/C(=O)NN)c1ccccc1. The van der Waals surface area contributed by atoms with Gasteiger partial charge in [0.2, 0.25) is 5.91 Å². The van der Waals surface area contributed by atoms with Gasteiger partial charge in [0.1, 0.15) is 0 Å². The van der Waals surface area contributed by atoms with Gasteiger partial charge in [-0.05, 0) is 0 Å². The van der Waals surface area contributed by atoms with Crippen LogP contribution in [0.2, 0.25) is 0 Å². The van der Waals surface area contributed by atoms with Gasteiger partial charge in [-0.15, -0.1) is 0 Å². The number of carbonyl (C=O) groups is 2. The molecule has 6 heteroatoms. The molecule has 0 aromatic heterocycles. The Morgan fingerprint density at radius 3 is 2.38 bits per heavy atom. The maximum absolute atomic E-state index is 11.4. The zero-order chi connectivity index (χ0) is 12.0. The van der Waals surface area contributed by atoms with Crippen LogP contribution in [0.1, 0.15) is 12.5 Å². The molecule has 1 rings (SSSR count). The molecule has 0 fully saturated rings. The van der Waals surface area contributed by atoms with Gasteiger partial charge in [0, 0.05) is 12.5 Å². The third-order valence-electron chi connectivity index (χ3n) is 1.72. The fraction of sp³-hybridized carbons (Fsp3) is 0.100. The highest BCUT2D eigenvalue weighted by Crippen LogP contribution is 2.00. The highest BCUT2D eigenvalue weighted by Gasteiger charge is 2.12. The van der Waals surface area contributed by atoms with Crippen molar-refractivity contribution in [1.82, 2.24) is 10.9 Å². The van der Waals surface area contributed by atoms with Gasteiger partial charge < -0.3 is 0 Å². The molecular formula is C10H12N4O2. The molecule has 0 bridgehead atoms. The van der Waals surface area contributed by atoms with Gasteiger partial charge in [-0.2, -0.15) is 5.10 Å². The minimum absolute atomic E-state index is 0.0540. The van der Waals surface area contributed by atoms with E-state index in [2.05, 4.69) is 10.5 Å². The lowest BCUT2D eigenvalue weighted by Crippen LogP contribution is -2.38. The molecule has 0 aliphatic rings. The van der Waals surface area contributed by atoms with Crippen molar-refractivity contribution in [3.05, 3.63) is 35.9 Å². The van der Waals surface area contributed by atoms with Gasteiger partial charge >= 0.3 is 0 Å². The van der Waals surface area contributed by atoms with Crippen molar-refractivity contribution >= 4 is 17.5 Å². The number of benzene rings is 1. The Hall–Kier alpha value is -2.21. The van der Waals surface area contributed by atoms with Crippen molar-refractivity contribution in [3.63, 3.8) is 0 Å². The zero-order valence-electron chi connectivity index (χ0n) is 8.73. The van der Waals surface area contributed by atoms with Crippen LogP contribution < -0.4 is 16.7 Å². The summed E-state index contributed by atoms with van der Waals surface area (Å²) in [7, 11) is 0. The largest absolute Gasteiger partial charge is 0.289 e. The molecular weight excluding hydrogens is 208 g/mol. The third-order valence-corrected chi connectivity index (χ3v) is 1.72. The second-order valence-electron chi connectivity index (χ2n) is 2.97. The van der Waals surface area contributed by atoms with Crippen LogP contribution in [0.4, 0.5) is 0 Å². The topological polar surface area (TPSA) is 96.6 Å². The molecule has 0 saturated carbocycles. The van der Waals surface area contributed by atoms with E-state index in [4.69, 9.17) is 5.84 Å². The smallest absolute Gasteiger partial charge is 0.286 e. The first-order chi connectivity index (χ1) is 7.65. The van der Waals surface area contributed by atoms with Crippen molar-refractivity contribution in [1.29, 1.82) is 0 Å². The predicted octanol–water partition coefficient (Wildman–Crippen LogP) is -0.483. The van der Waals surface area contributed by atoms with Gasteiger partial charge in [-0.25, -0.2) is 11.3 Å². The van der Waals surface area contributed by atoms with Gasteiger partial charge in [0.05, 0.1) is 0 Å². The molecule has 0 atom stereocenters. The fourth-order valence-corrected chi connectivity index (χ4v) is 1.05. The monoisotopic (exact) mass is 220 g/mol. The van der Waals surface area contributed by atoms with Gasteiger partial charge in [0.25, 0.3) is 5.91 Å². The van der Waals surface area contributed by atoms with E-state index >= 15 is 0 Å². The first-order valence-electron chi connectivity index (χ1n) is 4.55. The number of hydrogen-bond donors (Lipinski definition) is 3. The lowest BCUT2D eigenvalue weighted by atomic mass is 10.1. The van der Waals surface area contributed by atoms with Crippen LogP contribution in [-0.4, -0.2) is 17.5 Å². The Balaban J connectivity index is 3.01. The molecule has 4 N–H and O–H groups in total. The van der Waals surface area contributed by atoms with Crippen LogP contribution in [-0.2, 0) is 9.59 Å². The van der Waals surface area contributed by atoms with Crippen LogP contribution in [0, 0.1) is 0 Å². The lowest BCUT2D eigenvalue weighted by Gasteiger charge is -2.04. The van der Waals surface area contributed by atoms with Crippen LogP contribution in [0.15, 0.2) is 35.4 Å². The van der Waals surface area contributed by atoms with Crippen molar-refractivity contribution in [2.45, 2.75) is 6.92 Å². The van der Waals surface area contributed by atoms with Crippen LogP contribution in [0.5, 0.6) is 0 Å². The molecule has 6 nitrogen and oxygen atoms in total. The summed E-state index contributed by atoms with van der Waals surface area (Å²) in [5.74, 6) is 4.09. The molecule has 2 amide bonds. The number of hydrazone groups is 1.